The minimum Gasteiger partial charge on any atom is -0.497 e. The lowest BCUT2D eigenvalue weighted by atomic mass is 10.1. The first-order valence-electron chi connectivity index (χ1n) is 10.4. The van der Waals surface area contributed by atoms with Crippen LogP contribution in [0, 0.1) is 5.82 Å². The van der Waals surface area contributed by atoms with Crippen LogP contribution in [0.1, 0.15) is 11.1 Å². The fraction of sp³-hybridized carbons (Fsp3) is 0.167. The van der Waals surface area contributed by atoms with Crippen LogP contribution in [0.4, 0.5) is 28.9 Å². The van der Waals surface area contributed by atoms with E-state index in [0.29, 0.717) is 35.0 Å². The molecule has 3 aromatic carbocycles. The molecule has 2 N–H and O–H groups in total. The van der Waals surface area contributed by atoms with E-state index >= 15 is 0 Å². The summed E-state index contributed by atoms with van der Waals surface area (Å²) in [5.41, 5.74) is 0.310. The predicted octanol–water partition coefficient (Wildman–Crippen LogP) is 5.93. The number of anilines is 2. The van der Waals surface area contributed by atoms with Gasteiger partial charge < -0.3 is 15.4 Å². The number of methoxy groups -OCH3 is 1. The summed E-state index contributed by atoms with van der Waals surface area (Å²) in [7, 11) is -1.28. The number of rotatable bonds is 7. The minimum atomic E-state index is -4.69. The van der Waals surface area contributed by atoms with Gasteiger partial charge in [-0.05, 0) is 55.1 Å². The SMILES string of the molecule is CNCc1cn(S(=O)(=O)c2cccc(C(F)(F)F)c2)c2cc(Nc3ccc(OC)cc3F)ccc12.Cl. The van der Waals surface area contributed by atoms with Crippen LogP contribution in [0.2, 0.25) is 0 Å². The Labute approximate surface area is 211 Å². The predicted molar refractivity (Wildman–Crippen MR) is 132 cm³/mol. The molecule has 1 aromatic heterocycles. The summed E-state index contributed by atoms with van der Waals surface area (Å²) in [6, 6.07) is 12.7. The molecule has 0 atom stereocenters. The van der Waals surface area contributed by atoms with Gasteiger partial charge in [0.05, 0.1) is 28.8 Å². The molecule has 0 aliphatic rings. The van der Waals surface area contributed by atoms with E-state index in [-0.39, 0.29) is 23.6 Å². The molecular formula is C24H22ClF4N3O3S. The van der Waals surface area contributed by atoms with Gasteiger partial charge in [-0.1, -0.05) is 12.1 Å². The Balaban J connectivity index is 0.00000361. The average molecular weight is 544 g/mol. The summed E-state index contributed by atoms with van der Waals surface area (Å²) >= 11 is 0. The molecule has 12 heteroatoms. The monoisotopic (exact) mass is 543 g/mol. The molecule has 6 nitrogen and oxygen atoms in total. The zero-order valence-electron chi connectivity index (χ0n) is 19.1. The molecule has 0 saturated carbocycles. The van der Waals surface area contributed by atoms with Crippen molar-refractivity contribution in [2.75, 3.05) is 19.5 Å². The number of nitrogens with one attached hydrogen (secondary N) is 2. The van der Waals surface area contributed by atoms with E-state index in [1.807, 2.05) is 0 Å². The van der Waals surface area contributed by atoms with Crippen molar-refractivity contribution in [3.05, 3.63) is 83.8 Å². The highest BCUT2D eigenvalue weighted by atomic mass is 35.5. The quantitative estimate of drug-likeness (QED) is 0.283. The smallest absolute Gasteiger partial charge is 0.416 e. The van der Waals surface area contributed by atoms with E-state index in [0.717, 1.165) is 22.2 Å². The second-order valence-corrected chi connectivity index (χ2v) is 9.53. The molecule has 0 radical (unpaired) electrons. The van der Waals surface area contributed by atoms with Gasteiger partial charge in [0.2, 0.25) is 0 Å². The fourth-order valence-corrected chi connectivity index (χ4v) is 5.13. The molecule has 1 heterocycles. The lowest BCUT2D eigenvalue weighted by molar-refractivity contribution is -0.137. The van der Waals surface area contributed by atoms with E-state index in [1.54, 1.807) is 25.2 Å². The van der Waals surface area contributed by atoms with Crippen molar-refractivity contribution < 1.29 is 30.7 Å². The number of hydrogen-bond acceptors (Lipinski definition) is 5. The zero-order chi connectivity index (χ0) is 25.4. The molecule has 36 heavy (non-hydrogen) atoms. The standard InChI is InChI=1S/C24H21F4N3O3S.ClH/c1-29-13-15-14-31(35(32,33)19-5-3-4-16(10-19)24(26,27)28)23-11-17(6-8-20(15)23)30-22-9-7-18(34-2)12-21(22)25;/h3-12,14,29-30H,13H2,1-2H3;1H. The molecule has 4 aromatic rings. The van der Waals surface area contributed by atoms with E-state index in [9.17, 15) is 26.0 Å². The molecule has 0 saturated heterocycles. The van der Waals surface area contributed by atoms with E-state index in [1.165, 1.54) is 31.5 Å². The van der Waals surface area contributed by atoms with Gasteiger partial charge >= 0.3 is 6.18 Å². The maximum Gasteiger partial charge on any atom is 0.416 e. The third-order valence-electron chi connectivity index (χ3n) is 5.39. The molecule has 0 amide bonds. The van der Waals surface area contributed by atoms with Crippen molar-refractivity contribution in [3.63, 3.8) is 0 Å². The number of aromatic nitrogens is 1. The highest BCUT2D eigenvalue weighted by molar-refractivity contribution is 7.90. The van der Waals surface area contributed by atoms with Crippen LogP contribution >= 0.6 is 12.4 Å². The Hall–Kier alpha value is -3.28. The molecule has 4 rings (SSSR count). The van der Waals surface area contributed by atoms with Crippen LogP contribution < -0.4 is 15.4 Å². The fourth-order valence-electron chi connectivity index (χ4n) is 3.70. The van der Waals surface area contributed by atoms with Gasteiger partial charge in [-0.15, -0.1) is 12.4 Å². The van der Waals surface area contributed by atoms with Crippen molar-refractivity contribution in [2.24, 2.45) is 0 Å². The van der Waals surface area contributed by atoms with Crippen LogP contribution in [0.5, 0.6) is 5.75 Å². The summed E-state index contributed by atoms with van der Waals surface area (Å²) in [4.78, 5) is -0.500. The van der Waals surface area contributed by atoms with Gasteiger partial charge in [0.25, 0.3) is 10.0 Å². The number of fused-ring (bicyclic) bond motifs is 1. The van der Waals surface area contributed by atoms with Crippen molar-refractivity contribution in [2.45, 2.75) is 17.6 Å². The maximum atomic E-state index is 14.4. The van der Waals surface area contributed by atoms with Crippen molar-refractivity contribution in [1.82, 2.24) is 9.29 Å². The maximum absolute atomic E-state index is 14.4. The lowest BCUT2D eigenvalue weighted by Crippen LogP contribution is -2.14. The summed E-state index contributed by atoms with van der Waals surface area (Å²) < 4.78 is 86.8. The lowest BCUT2D eigenvalue weighted by Gasteiger charge is -2.12. The second kappa shape index (κ2) is 10.4. The molecule has 0 aliphatic heterocycles. The normalized spacial score (nSPS) is 11.8. The molecule has 0 unspecified atom stereocenters. The first-order chi connectivity index (χ1) is 16.5. The topological polar surface area (TPSA) is 72.4 Å². The molecule has 0 fully saturated rings. The Morgan fingerprint density at radius 3 is 2.42 bits per heavy atom. The van der Waals surface area contributed by atoms with Crippen LogP contribution in [0.3, 0.4) is 0 Å². The highest BCUT2D eigenvalue weighted by Gasteiger charge is 2.32. The zero-order valence-corrected chi connectivity index (χ0v) is 20.7. The number of ether oxygens (including phenoxy) is 1. The van der Waals surface area contributed by atoms with E-state index < -0.39 is 32.5 Å². The molecule has 0 spiro atoms. The van der Waals surface area contributed by atoms with Crippen molar-refractivity contribution in [1.29, 1.82) is 0 Å². The number of alkyl halides is 3. The minimum absolute atomic E-state index is 0. The van der Waals surface area contributed by atoms with Crippen LogP contribution in [-0.2, 0) is 22.7 Å². The van der Waals surface area contributed by atoms with Crippen LogP contribution in [-0.4, -0.2) is 26.5 Å². The summed E-state index contributed by atoms with van der Waals surface area (Å²) in [5.74, 6) is -0.242. The Bertz CT molecular complexity index is 1500. The second-order valence-electron chi connectivity index (χ2n) is 7.71. The van der Waals surface area contributed by atoms with E-state index in [2.05, 4.69) is 10.6 Å². The molecule has 0 aliphatic carbocycles. The summed E-state index contributed by atoms with van der Waals surface area (Å²) in [6.07, 6.45) is -3.32. The van der Waals surface area contributed by atoms with Crippen LogP contribution in [0.25, 0.3) is 10.9 Å². The number of benzene rings is 3. The summed E-state index contributed by atoms with van der Waals surface area (Å²) in [6.45, 7) is 0.321. The highest BCUT2D eigenvalue weighted by Crippen LogP contribution is 2.33. The van der Waals surface area contributed by atoms with Crippen molar-refractivity contribution >= 4 is 44.7 Å². The first-order valence-corrected chi connectivity index (χ1v) is 11.8. The largest absolute Gasteiger partial charge is 0.497 e. The number of halogens is 5. The van der Waals surface area contributed by atoms with Gasteiger partial charge in [-0.2, -0.15) is 13.2 Å². The molecular weight excluding hydrogens is 522 g/mol. The Morgan fingerprint density at radius 2 is 1.78 bits per heavy atom. The third kappa shape index (κ3) is 5.28. The Morgan fingerprint density at radius 1 is 1.03 bits per heavy atom. The van der Waals surface area contributed by atoms with Gasteiger partial charge in [0.15, 0.2) is 0 Å². The van der Waals surface area contributed by atoms with Gasteiger partial charge in [0, 0.05) is 29.9 Å². The third-order valence-corrected chi connectivity index (χ3v) is 7.06. The molecule has 0 bridgehead atoms. The first kappa shape index (κ1) is 27.3. The number of hydrogen-bond donors (Lipinski definition) is 2. The van der Waals surface area contributed by atoms with Gasteiger partial charge in [0.1, 0.15) is 11.6 Å². The van der Waals surface area contributed by atoms with Crippen LogP contribution in [0.15, 0.2) is 71.8 Å². The van der Waals surface area contributed by atoms with Crippen molar-refractivity contribution in [3.8, 4) is 5.75 Å². The van der Waals surface area contributed by atoms with Gasteiger partial charge in [-0.3, -0.25) is 0 Å². The number of nitrogens with zero attached hydrogens (tertiary/aromatic N) is 1. The summed E-state index contributed by atoms with van der Waals surface area (Å²) in [5, 5.41) is 6.43. The van der Waals surface area contributed by atoms with Gasteiger partial charge in [-0.25, -0.2) is 16.8 Å². The van der Waals surface area contributed by atoms with E-state index in [4.69, 9.17) is 4.74 Å². The average Bonchev–Trinajstić information content (AvgIpc) is 3.18. The Kier molecular flexibility index (Phi) is 7.87. The molecule has 192 valence electrons.